The number of amides is 2. The van der Waals surface area contributed by atoms with Gasteiger partial charge in [-0.2, -0.15) is 0 Å². The van der Waals surface area contributed by atoms with Crippen molar-refractivity contribution in [2.24, 2.45) is 0 Å². The van der Waals surface area contributed by atoms with Crippen LogP contribution in [-0.4, -0.2) is 27.2 Å². The maximum atomic E-state index is 12.2. The number of fused-ring (bicyclic) bond motifs is 1. The molecule has 0 saturated carbocycles. The Balaban J connectivity index is 1.51. The van der Waals surface area contributed by atoms with Crippen LogP contribution in [0, 0.1) is 0 Å². The molecule has 2 N–H and O–H groups in total. The van der Waals surface area contributed by atoms with E-state index in [9.17, 15) is 18.0 Å². The lowest BCUT2D eigenvalue weighted by molar-refractivity contribution is -0.274. The van der Waals surface area contributed by atoms with E-state index in [1.807, 2.05) is 0 Å². The van der Waals surface area contributed by atoms with Crippen molar-refractivity contribution >= 4 is 6.03 Å². The first-order chi connectivity index (χ1) is 13.3. The molecule has 1 unspecified atom stereocenters. The summed E-state index contributed by atoms with van der Waals surface area (Å²) in [4.78, 5) is 12.2. The van der Waals surface area contributed by atoms with E-state index in [0.29, 0.717) is 11.4 Å². The molecule has 0 aliphatic carbocycles. The van der Waals surface area contributed by atoms with E-state index in [2.05, 4.69) is 30.1 Å². The Morgan fingerprint density at radius 3 is 2.68 bits per heavy atom. The summed E-state index contributed by atoms with van der Waals surface area (Å²) in [5, 5.41) is 13.8. The molecule has 1 aliphatic heterocycles. The summed E-state index contributed by atoms with van der Waals surface area (Å²) in [6.45, 7) is 2.84. The van der Waals surface area contributed by atoms with Gasteiger partial charge in [-0.25, -0.2) is 4.79 Å². The number of aromatic nitrogens is 3. The fraction of sp³-hybridized carbons (Fsp3) is 0.500. The minimum Gasteiger partial charge on any atom is -0.406 e. The Kier molecular flexibility index (Phi) is 6.05. The third-order valence-corrected chi connectivity index (χ3v) is 4.55. The molecule has 0 spiro atoms. The standard InChI is InChI=1S/C18H22F3N5O2/c1-12(13-6-8-14(9-7-13)28-18(19,20)21)23-17(27)22-11-16-25-24-15-5-3-2-4-10-26(15)16/h6-9,12H,2-5,10-11H2,1H3,(H2,22,23,27). The topological polar surface area (TPSA) is 81.1 Å². The van der Waals surface area contributed by atoms with Crippen LogP contribution in [0.4, 0.5) is 18.0 Å². The second-order valence-corrected chi connectivity index (χ2v) is 6.66. The van der Waals surface area contributed by atoms with E-state index in [4.69, 9.17) is 0 Å². The van der Waals surface area contributed by atoms with Crippen LogP contribution >= 0.6 is 0 Å². The number of alkyl halides is 3. The molecule has 10 heteroatoms. The molecule has 1 atom stereocenters. The Bertz CT molecular complexity index is 805. The van der Waals surface area contributed by atoms with Crippen LogP contribution in [0.2, 0.25) is 0 Å². The molecule has 0 bridgehead atoms. The maximum Gasteiger partial charge on any atom is 0.573 e. The summed E-state index contributed by atoms with van der Waals surface area (Å²) in [6, 6.07) is 4.59. The molecule has 0 saturated heterocycles. The molecule has 152 valence electrons. The zero-order valence-electron chi connectivity index (χ0n) is 15.4. The minimum absolute atomic E-state index is 0.254. The average molecular weight is 397 g/mol. The first-order valence-corrected chi connectivity index (χ1v) is 9.13. The van der Waals surface area contributed by atoms with Crippen LogP contribution in [0.25, 0.3) is 0 Å². The fourth-order valence-electron chi connectivity index (χ4n) is 3.12. The molecule has 7 nitrogen and oxygen atoms in total. The molecule has 1 aliphatic rings. The van der Waals surface area contributed by atoms with Crippen molar-refractivity contribution in [3.8, 4) is 5.75 Å². The third-order valence-electron chi connectivity index (χ3n) is 4.55. The summed E-state index contributed by atoms with van der Waals surface area (Å²) >= 11 is 0. The van der Waals surface area contributed by atoms with Crippen molar-refractivity contribution in [2.75, 3.05) is 0 Å². The number of aryl methyl sites for hydroxylation is 1. The lowest BCUT2D eigenvalue weighted by Gasteiger charge is -2.16. The summed E-state index contributed by atoms with van der Waals surface area (Å²) in [6.07, 6.45) is -0.526. The molecule has 1 aromatic carbocycles. The molecule has 0 radical (unpaired) electrons. The van der Waals surface area contributed by atoms with Gasteiger partial charge in [0.25, 0.3) is 0 Å². The summed E-state index contributed by atoms with van der Waals surface area (Å²) in [5.74, 6) is 1.36. The van der Waals surface area contributed by atoms with E-state index in [-0.39, 0.29) is 12.3 Å². The maximum absolute atomic E-state index is 12.2. The highest BCUT2D eigenvalue weighted by Gasteiger charge is 2.31. The van der Waals surface area contributed by atoms with Crippen LogP contribution in [0.15, 0.2) is 24.3 Å². The Morgan fingerprint density at radius 2 is 1.96 bits per heavy atom. The first-order valence-electron chi connectivity index (χ1n) is 9.13. The SMILES string of the molecule is CC(NC(=O)NCc1nnc2n1CCCCC2)c1ccc(OC(F)(F)F)cc1. The van der Waals surface area contributed by atoms with Gasteiger partial charge in [0.2, 0.25) is 0 Å². The molecule has 2 aromatic rings. The van der Waals surface area contributed by atoms with Crippen molar-refractivity contribution < 1.29 is 22.7 Å². The highest BCUT2D eigenvalue weighted by molar-refractivity contribution is 5.74. The van der Waals surface area contributed by atoms with Crippen molar-refractivity contribution in [1.82, 2.24) is 25.4 Å². The second kappa shape index (κ2) is 8.49. The van der Waals surface area contributed by atoms with Crippen molar-refractivity contribution in [2.45, 2.75) is 58.1 Å². The predicted octanol–water partition coefficient (Wildman–Crippen LogP) is 3.46. The second-order valence-electron chi connectivity index (χ2n) is 6.66. The summed E-state index contributed by atoms with van der Waals surface area (Å²) < 4.78 is 42.5. The molecule has 1 aromatic heterocycles. The van der Waals surface area contributed by atoms with Gasteiger partial charge in [0.05, 0.1) is 12.6 Å². The van der Waals surface area contributed by atoms with Gasteiger partial charge >= 0.3 is 12.4 Å². The minimum atomic E-state index is -4.73. The van der Waals surface area contributed by atoms with Crippen LogP contribution < -0.4 is 15.4 Å². The van der Waals surface area contributed by atoms with Gasteiger partial charge in [0.1, 0.15) is 11.6 Å². The number of nitrogens with one attached hydrogen (secondary N) is 2. The molecular formula is C18H22F3N5O2. The van der Waals surface area contributed by atoms with Gasteiger partial charge in [-0.1, -0.05) is 18.6 Å². The van der Waals surface area contributed by atoms with E-state index in [1.165, 1.54) is 24.3 Å². The normalized spacial score (nSPS) is 15.3. The van der Waals surface area contributed by atoms with E-state index in [1.54, 1.807) is 6.92 Å². The number of carbonyl (C=O) groups is 1. The highest BCUT2D eigenvalue weighted by atomic mass is 19.4. The Labute approximate surface area is 160 Å². The quantitative estimate of drug-likeness (QED) is 0.810. The summed E-state index contributed by atoms with van der Waals surface area (Å²) in [5.41, 5.74) is 0.654. The van der Waals surface area contributed by atoms with Gasteiger partial charge in [0.15, 0.2) is 5.82 Å². The fourth-order valence-corrected chi connectivity index (χ4v) is 3.12. The van der Waals surface area contributed by atoms with Crippen molar-refractivity contribution in [3.63, 3.8) is 0 Å². The smallest absolute Gasteiger partial charge is 0.406 e. The number of hydrogen-bond acceptors (Lipinski definition) is 4. The molecule has 2 heterocycles. The number of benzene rings is 1. The number of urea groups is 1. The van der Waals surface area contributed by atoms with Crippen LogP contribution in [0.5, 0.6) is 5.75 Å². The lowest BCUT2D eigenvalue weighted by Crippen LogP contribution is -2.37. The van der Waals surface area contributed by atoms with Crippen molar-refractivity contribution in [3.05, 3.63) is 41.5 Å². The predicted molar refractivity (Wildman–Crippen MR) is 94.5 cm³/mol. The molecule has 3 rings (SSSR count). The largest absolute Gasteiger partial charge is 0.573 e. The van der Waals surface area contributed by atoms with Gasteiger partial charge in [-0.3, -0.25) is 0 Å². The van der Waals surface area contributed by atoms with Crippen LogP contribution in [-0.2, 0) is 19.5 Å². The monoisotopic (exact) mass is 397 g/mol. The molecule has 2 amide bonds. The van der Waals surface area contributed by atoms with E-state index < -0.39 is 18.4 Å². The van der Waals surface area contributed by atoms with Gasteiger partial charge in [0, 0.05) is 13.0 Å². The number of rotatable bonds is 5. The third kappa shape index (κ3) is 5.37. The van der Waals surface area contributed by atoms with E-state index in [0.717, 1.165) is 38.1 Å². The van der Waals surface area contributed by atoms with Gasteiger partial charge in [-0.15, -0.1) is 23.4 Å². The van der Waals surface area contributed by atoms with E-state index >= 15 is 0 Å². The van der Waals surface area contributed by atoms with Gasteiger partial charge in [-0.05, 0) is 37.5 Å². The Morgan fingerprint density at radius 1 is 1.21 bits per heavy atom. The van der Waals surface area contributed by atoms with Crippen LogP contribution in [0.1, 0.15) is 49.4 Å². The average Bonchev–Trinajstić information content (AvgIpc) is 2.85. The number of halogens is 3. The summed E-state index contributed by atoms with van der Waals surface area (Å²) in [7, 11) is 0. The first kappa shape index (κ1) is 20.0. The number of hydrogen-bond donors (Lipinski definition) is 2. The van der Waals surface area contributed by atoms with Crippen molar-refractivity contribution in [1.29, 1.82) is 0 Å². The molecule has 0 fully saturated rings. The molecule has 28 heavy (non-hydrogen) atoms. The zero-order valence-corrected chi connectivity index (χ0v) is 15.4. The highest BCUT2D eigenvalue weighted by Crippen LogP contribution is 2.24. The number of carbonyl (C=O) groups excluding carboxylic acids is 1. The van der Waals surface area contributed by atoms with Gasteiger partial charge < -0.3 is 19.9 Å². The van der Waals surface area contributed by atoms with Crippen LogP contribution in [0.3, 0.4) is 0 Å². The number of nitrogens with zero attached hydrogens (tertiary/aromatic N) is 3. The number of ether oxygens (including phenoxy) is 1. The molecular weight excluding hydrogens is 375 g/mol. The lowest BCUT2D eigenvalue weighted by atomic mass is 10.1. The Hall–Kier alpha value is -2.78. The zero-order chi connectivity index (χ0) is 20.1.